The van der Waals surface area contributed by atoms with E-state index < -0.39 is 0 Å². The molecule has 1 N–H and O–H groups in total. The lowest BCUT2D eigenvalue weighted by atomic mass is 10.1. The normalized spacial score (nSPS) is 15.0. The number of anilines is 3. The zero-order valence-electron chi connectivity index (χ0n) is 12.1. The predicted octanol–water partition coefficient (Wildman–Crippen LogP) is 4.28. The van der Waals surface area contributed by atoms with Crippen LogP contribution >= 0.6 is 15.9 Å². The molecule has 1 aliphatic heterocycles. The summed E-state index contributed by atoms with van der Waals surface area (Å²) in [6.45, 7) is 4.25. The van der Waals surface area contributed by atoms with Gasteiger partial charge in [0.05, 0.1) is 0 Å². The molecule has 1 aromatic heterocycles. The van der Waals surface area contributed by atoms with Crippen LogP contribution in [0, 0.1) is 6.92 Å². The molecule has 0 unspecified atom stereocenters. The van der Waals surface area contributed by atoms with Crippen molar-refractivity contribution in [2.75, 3.05) is 23.3 Å². The zero-order valence-corrected chi connectivity index (χ0v) is 13.7. The third-order valence-electron chi connectivity index (χ3n) is 3.75. The van der Waals surface area contributed by atoms with Gasteiger partial charge in [-0.25, -0.2) is 4.98 Å². The molecule has 0 bridgehead atoms. The first kappa shape index (κ1) is 14.3. The number of halogens is 1. The maximum atomic E-state index is 4.63. The van der Waals surface area contributed by atoms with Crippen molar-refractivity contribution in [1.82, 2.24) is 9.97 Å². The topological polar surface area (TPSA) is 41.1 Å². The number of hydrogen-bond acceptors (Lipinski definition) is 4. The molecule has 1 saturated heterocycles. The summed E-state index contributed by atoms with van der Waals surface area (Å²) in [7, 11) is 0. The molecule has 5 heteroatoms. The van der Waals surface area contributed by atoms with E-state index in [1.54, 1.807) is 0 Å². The maximum Gasteiger partial charge on any atom is 0.229 e. The van der Waals surface area contributed by atoms with E-state index in [9.17, 15) is 0 Å². The zero-order chi connectivity index (χ0) is 14.7. The van der Waals surface area contributed by atoms with Crippen LogP contribution in [0.5, 0.6) is 0 Å². The molecule has 3 rings (SSSR count). The van der Waals surface area contributed by atoms with Crippen molar-refractivity contribution in [3.63, 3.8) is 0 Å². The van der Waals surface area contributed by atoms with Gasteiger partial charge < -0.3 is 10.2 Å². The molecule has 4 nitrogen and oxygen atoms in total. The van der Waals surface area contributed by atoms with Crippen molar-refractivity contribution in [2.24, 2.45) is 0 Å². The second kappa shape index (κ2) is 6.43. The highest BCUT2D eigenvalue weighted by molar-refractivity contribution is 9.10. The lowest BCUT2D eigenvalue weighted by Gasteiger charge is -2.27. The highest BCUT2D eigenvalue weighted by Crippen LogP contribution is 2.23. The number of nitrogens with zero attached hydrogens (tertiary/aromatic N) is 3. The van der Waals surface area contributed by atoms with Gasteiger partial charge in [0, 0.05) is 29.4 Å². The molecular formula is C16H19BrN4. The number of nitrogens with one attached hydrogen (secondary N) is 1. The molecule has 2 aromatic rings. The Morgan fingerprint density at radius 1 is 1.14 bits per heavy atom. The van der Waals surface area contributed by atoms with Crippen molar-refractivity contribution < 1.29 is 0 Å². The molecule has 0 aliphatic carbocycles. The van der Waals surface area contributed by atoms with Crippen molar-refractivity contribution in [3.8, 4) is 0 Å². The van der Waals surface area contributed by atoms with Crippen LogP contribution in [-0.2, 0) is 0 Å². The molecule has 2 heterocycles. The molecule has 0 saturated carbocycles. The molecule has 110 valence electrons. The van der Waals surface area contributed by atoms with Crippen LogP contribution in [-0.4, -0.2) is 23.1 Å². The van der Waals surface area contributed by atoms with E-state index in [1.165, 1.54) is 24.8 Å². The molecule has 0 radical (unpaired) electrons. The minimum atomic E-state index is 0.647. The Morgan fingerprint density at radius 2 is 1.95 bits per heavy atom. The lowest BCUT2D eigenvalue weighted by molar-refractivity contribution is 0.573. The van der Waals surface area contributed by atoms with E-state index in [0.717, 1.165) is 29.1 Å². The van der Waals surface area contributed by atoms with Gasteiger partial charge in [0.15, 0.2) is 0 Å². The van der Waals surface area contributed by atoms with Gasteiger partial charge in [-0.1, -0.05) is 22.0 Å². The Labute approximate surface area is 133 Å². The monoisotopic (exact) mass is 346 g/mol. The fourth-order valence-electron chi connectivity index (χ4n) is 2.51. The van der Waals surface area contributed by atoms with E-state index in [-0.39, 0.29) is 0 Å². The van der Waals surface area contributed by atoms with Gasteiger partial charge in [-0.2, -0.15) is 4.98 Å². The van der Waals surface area contributed by atoms with Crippen molar-refractivity contribution in [1.29, 1.82) is 0 Å². The van der Waals surface area contributed by atoms with E-state index >= 15 is 0 Å². The van der Waals surface area contributed by atoms with Gasteiger partial charge in [-0.05, 0) is 49.9 Å². The van der Waals surface area contributed by atoms with Gasteiger partial charge in [-0.3, -0.25) is 0 Å². The summed E-state index contributed by atoms with van der Waals surface area (Å²) in [6, 6.07) is 8.14. The van der Waals surface area contributed by atoms with Crippen molar-refractivity contribution >= 4 is 33.4 Å². The van der Waals surface area contributed by atoms with Crippen molar-refractivity contribution in [3.05, 3.63) is 40.5 Å². The van der Waals surface area contributed by atoms with Crippen LogP contribution in [0.4, 0.5) is 17.5 Å². The van der Waals surface area contributed by atoms with Crippen LogP contribution in [0.1, 0.15) is 24.8 Å². The summed E-state index contributed by atoms with van der Waals surface area (Å²) >= 11 is 3.55. The van der Waals surface area contributed by atoms with Gasteiger partial charge >= 0.3 is 0 Å². The molecule has 0 amide bonds. The number of rotatable bonds is 3. The number of benzene rings is 1. The summed E-state index contributed by atoms with van der Waals surface area (Å²) in [4.78, 5) is 11.3. The van der Waals surface area contributed by atoms with Gasteiger partial charge in [-0.15, -0.1) is 0 Å². The maximum absolute atomic E-state index is 4.63. The third-order valence-corrected chi connectivity index (χ3v) is 4.60. The fourth-order valence-corrected chi connectivity index (χ4v) is 2.89. The minimum Gasteiger partial charge on any atom is -0.356 e. The van der Waals surface area contributed by atoms with E-state index in [0.29, 0.717) is 5.95 Å². The standard InChI is InChI=1S/C16H19BrN4/c1-12-5-6-13(11-14(12)17)19-16-18-8-7-15(20-16)21-9-3-2-4-10-21/h5-8,11H,2-4,9-10H2,1H3,(H,18,19,20). The highest BCUT2D eigenvalue weighted by Gasteiger charge is 2.12. The Hall–Kier alpha value is -1.62. The van der Waals surface area contributed by atoms with E-state index in [2.05, 4.69) is 49.1 Å². The molecule has 0 atom stereocenters. The fraction of sp³-hybridized carbons (Fsp3) is 0.375. The van der Waals surface area contributed by atoms with Gasteiger partial charge in [0.25, 0.3) is 0 Å². The summed E-state index contributed by atoms with van der Waals surface area (Å²) < 4.78 is 1.08. The minimum absolute atomic E-state index is 0.647. The number of aryl methyl sites for hydroxylation is 1. The Balaban J connectivity index is 1.77. The second-order valence-corrected chi connectivity index (χ2v) is 6.23. The van der Waals surface area contributed by atoms with E-state index in [1.807, 2.05) is 24.4 Å². The molecule has 0 spiro atoms. The summed E-state index contributed by atoms with van der Waals surface area (Å²) in [6.07, 6.45) is 5.64. The Bertz CT molecular complexity index is 623. The lowest BCUT2D eigenvalue weighted by Crippen LogP contribution is -2.30. The average molecular weight is 347 g/mol. The number of piperidine rings is 1. The first-order chi connectivity index (χ1) is 10.2. The molecule has 1 fully saturated rings. The summed E-state index contributed by atoms with van der Waals surface area (Å²) in [5.41, 5.74) is 2.20. The van der Waals surface area contributed by atoms with Crippen LogP contribution in [0.3, 0.4) is 0 Å². The second-order valence-electron chi connectivity index (χ2n) is 5.38. The predicted molar refractivity (Wildman–Crippen MR) is 90.3 cm³/mol. The first-order valence-corrected chi connectivity index (χ1v) is 8.13. The highest BCUT2D eigenvalue weighted by atomic mass is 79.9. The first-order valence-electron chi connectivity index (χ1n) is 7.33. The molecule has 21 heavy (non-hydrogen) atoms. The largest absolute Gasteiger partial charge is 0.356 e. The van der Waals surface area contributed by atoms with Crippen LogP contribution in [0.2, 0.25) is 0 Å². The van der Waals surface area contributed by atoms with Crippen molar-refractivity contribution in [2.45, 2.75) is 26.2 Å². The van der Waals surface area contributed by atoms with Crippen LogP contribution in [0.25, 0.3) is 0 Å². The number of aromatic nitrogens is 2. The summed E-state index contributed by atoms with van der Waals surface area (Å²) in [5, 5.41) is 3.27. The molecule has 1 aromatic carbocycles. The average Bonchev–Trinajstić information content (AvgIpc) is 2.52. The molecule has 1 aliphatic rings. The Morgan fingerprint density at radius 3 is 2.71 bits per heavy atom. The van der Waals surface area contributed by atoms with Gasteiger partial charge in [0.1, 0.15) is 5.82 Å². The Kier molecular flexibility index (Phi) is 4.39. The summed E-state index contributed by atoms with van der Waals surface area (Å²) in [5.74, 6) is 1.66. The smallest absolute Gasteiger partial charge is 0.229 e. The number of hydrogen-bond donors (Lipinski definition) is 1. The molecular weight excluding hydrogens is 328 g/mol. The van der Waals surface area contributed by atoms with Crippen LogP contribution < -0.4 is 10.2 Å². The van der Waals surface area contributed by atoms with E-state index in [4.69, 9.17) is 0 Å². The van der Waals surface area contributed by atoms with Crippen LogP contribution in [0.15, 0.2) is 34.9 Å². The quantitative estimate of drug-likeness (QED) is 0.900. The third kappa shape index (κ3) is 3.53. The van der Waals surface area contributed by atoms with Gasteiger partial charge in [0.2, 0.25) is 5.95 Å². The SMILES string of the molecule is Cc1ccc(Nc2nccc(N3CCCCC3)n2)cc1Br.